The molecule has 1 atom stereocenters. The fourth-order valence-corrected chi connectivity index (χ4v) is 6.02. The molecule has 0 aliphatic carbocycles. The highest BCUT2D eigenvalue weighted by Gasteiger charge is 2.26. The molecule has 248 valence electrons. The molecule has 0 aliphatic heterocycles. The Labute approximate surface area is 290 Å². The predicted molar refractivity (Wildman–Crippen MR) is 196 cm³/mol. The Morgan fingerprint density at radius 2 is 1.35 bits per heavy atom. The van der Waals surface area contributed by atoms with E-state index in [4.69, 9.17) is 9.47 Å². The van der Waals surface area contributed by atoms with Crippen LogP contribution in [0.2, 0.25) is 0 Å². The number of amides is 3. The number of rotatable bonds is 13. The molecule has 8 nitrogen and oxygen atoms in total. The first kappa shape index (κ1) is 34.5. The highest BCUT2D eigenvalue weighted by Crippen LogP contribution is 2.33. The molecule has 0 aliphatic rings. The van der Waals surface area contributed by atoms with E-state index in [1.807, 2.05) is 85.8 Å². The molecule has 9 heteroatoms. The number of nitrogens with zero attached hydrogens (tertiary/aromatic N) is 1. The third-order valence-electron chi connectivity index (χ3n) is 7.56. The summed E-state index contributed by atoms with van der Waals surface area (Å²) < 4.78 is 10.8. The SMILES string of the molecule is CCC(Sc1ccc(NC(=O)/C(=C/c2ccc(OC)cc2OC)NC(=O)c2ccccc2)cc1)C(=O)N(c1ccccc1)c1ccccc1. The van der Waals surface area contributed by atoms with Gasteiger partial charge in [0, 0.05) is 39.2 Å². The predicted octanol–water partition coefficient (Wildman–Crippen LogP) is 8.35. The summed E-state index contributed by atoms with van der Waals surface area (Å²) in [5, 5.41) is 5.28. The van der Waals surface area contributed by atoms with E-state index in [2.05, 4.69) is 10.6 Å². The van der Waals surface area contributed by atoms with Crippen molar-refractivity contribution >= 4 is 52.6 Å². The summed E-state index contributed by atoms with van der Waals surface area (Å²) in [6.45, 7) is 1.99. The van der Waals surface area contributed by atoms with E-state index in [-0.39, 0.29) is 16.9 Å². The van der Waals surface area contributed by atoms with Gasteiger partial charge in [-0.25, -0.2) is 0 Å². The number of thioether (sulfide) groups is 1. The average molecular weight is 672 g/mol. The lowest BCUT2D eigenvalue weighted by atomic mass is 10.1. The third kappa shape index (κ3) is 8.97. The molecule has 0 heterocycles. The van der Waals surface area contributed by atoms with Gasteiger partial charge in [-0.1, -0.05) is 61.5 Å². The number of benzene rings is 5. The zero-order valence-corrected chi connectivity index (χ0v) is 28.3. The van der Waals surface area contributed by atoms with Gasteiger partial charge in [0.2, 0.25) is 5.91 Å². The van der Waals surface area contributed by atoms with Crippen molar-refractivity contribution in [2.24, 2.45) is 0 Å². The summed E-state index contributed by atoms with van der Waals surface area (Å²) in [4.78, 5) is 43.3. The number of nitrogens with one attached hydrogen (secondary N) is 2. The van der Waals surface area contributed by atoms with Gasteiger partial charge in [-0.15, -0.1) is 11.8 Å². The summed E-state index contributed by atoms with van der Waals surface area (Å²) >= 11 is 1.47. The van der Waals surface area contributed by atoms with E-state index in [9.17, 15) is 14.4 Å². The van der Waals surface area contributed by atoms with Crippen molar-refractivity contribution in [3.05, 3.63) is 150 Å². The Bertz CT molecular complexity index is 1860. The number of hydrogen-bond donors (Lipinski definition) is 2. The topological polar surface area (TPSA) is 97.0 Å². The van der Waals surface area contributed by atoms with Crippen LogP contribution < -0.4 is 25.0 Å². The van der Waals surface area contributed by atoms with Crippen molar-refractivity contribution in [1.29, 1.82) is 0 Å². The van der Waals surface area contributed by atoms with Crippen LogP contribution in [-0.2, 0) is 9.59 Å². The van der Waals surface area contributed by atoms with Gasteiger partial charge in [0.05, 0.1) is 19.5 Å². The van der Waals surface area contributed by atoms with Crippen LogP contribution >= 0.6 is 11.8 Å². The van der Waals surface area contributed by atoms with Gasteiger partial charge < -0.3 is 20.1 Å². The first-order chi connectivity index (χ1) is 23.9. The number of methoxy groups -OCH3 is 2. The molecule has 5 aromatic rings. The van der Waals surface area contributed by atoms with Gasteiger partial charge in [-0.05, 0) is 85.3 Å². The third-order valence-corrected chi connectivity index (χ3v) is 8.92. The Morgan fingerprint density at radius 1 is 0.755 bits per heavy atom. The normalized spacial score (nSPS) is 11.6. The molecule has 0 bridgehead atoms. The first-order valence-electron chi connectivity index (χ1n) is 15.7. The number of ether oxygens (including phenoxy) is 2. The smallest absolute Gasteiger partial charge is 0.272 e. The van der Waals surface area contributed by atoms with Crippen LogP contribution in [0, 0.1) is 0 Å². The maximum Gasteiger partial charge on any atom is 0.272 e. The number of carbonyl (C=O) groups excluding carboxylic acids is 3. The molecule has 0 saturated heterocycles. The van der Waals surface area contributed by atoms with E-state index >= 15 is 0 Å². The van der Waals surface area contributed by atoms with Crippen molar-refractivity contribution < 1.29 is 23.9 Å². The van der Waals surface area contributed by atoms with Crippen LogP contribution in [-0.4, -0.2) is 37.2 Å². The van der Waals surface area contributed by atoms with Gasteiger partial charge in [0.1, 0.15) is 17.2 Å². The van der Waals surface area contributed by atoms with Crippen LogP contribution in [0.15, 0.2) is 144 Å². The molecule has 0 aromatic heterocycles. The van der Waals surface area contributed by atoms with Crippen LogP contribution in [0.1, 0.15) is 29.3 Å². The van der Waals surface area contributed by atoms with Crippen LogP contribution in [0.4, 0.5) is 17.1 Å². The Hall–Kier alpha value is -5.80. The lowest BCUT2D eigenvalue weighted by Crippen LogP contribution is -2.34. The largest absolute Gasteiger partial charge is 0.497 e. The minimum Gasteiger partial charge on any atom is -0.497 e. The molecule has 49 heavy (non-hydrogen) atoms. The molecule has 5 rings (SSSR count). The highest BCUT2D eigenvalue weighted by atomic mass is 32.2. The monoisotopic (exact) mass is 671 g/mol. The molecular formula is C40H37N3O5S. The van der Waals surface area contributed by atoms with Gasteiger partial charge in [-0.3, -0.25) is 19.3 Å². The zero-order valence-electron chi connectivity index (χ0n) is 27.5. The van der Waals surface area contributed by atoms with E-state index < -0.39 is 11.8 Å². The molecule has 0 spiro atoms. The molecule has 0 radical (unpaired) electrons. The van der Waals surface area contributed by atoms with Crippen molar-refractivity contribution in [1.82, 2.24) is 5.32 Å². The summed E-state index contributed by atoms with van der Waals surface area (Å²) in [5.74, 6) is 0.0755. The van der Waals surface area contributed by atoms with Crippen LogP contribution in [0.5, 0.6) is 11.5 Å². The average Bonchev–Trinajstić information content (AvgIpc) is 3.15. The van der Waals surface area contributed by atoms with Gasteiger partial charge in [0.25, 0.3) is 11.8 Å². The number of carbonyl (C=O) groups is 3. The quantitative estimate of drug-likeness (QED) is 0.0965. The minimum atomic E-state index is -0.523. The first-order valence-corrected chi connectivity index (χ1v) is 16.6. The Balaban J connectivity index is 1.34. The lowest BCUT2D eigenvalue weighted by molar-refractivity contribution is -0.117. The molecule has 5 aromatic carbocycles. The summed E-state index contributed by atoms with van der Waals surface area (Å²) in [7, 11) is 3.07. The molecule has 1 unspecified atom stereocenters. The number of hydrogen-bond acceptors (Lipinski definition) is 6. The summed E-state index contributed by atoms with van der Waals surface area (Å²) in [6.07, 6.45) is 2.17. The standard InChI is InChI=1S/C40H37N3O5S/c1-4-37(40(46)43(31-16-10-6-11-17-31)32-18-12-7-13-19-32)49-34-24-21-30(22-25-34)41-39(45)35(42-38(44)28-14-8-5-9-15-28)26-29-20-23-33(47-2)27-36(29)48-3/h5-27,37H,4H2,1-3H3,(H,41,45)(H,42,44)/b35-26-. The van der Waals surface area contributed by atoms with Gasteiger partial charge in [-0.2, -0.15) is 0 Å². The molecule has 2 N–H and O–H groups in total. The van der Waals surface area contributed by atoms with E-state index in [0.717, 1.165) is 16.3 Å². The highest BCUT2D eigenvalue weighted by molar-refractivity contribution is 8.00. The molecular weight excluding hydrogens is 635 g/mol. The number of para-hydroxylation sites is 2. The lowest BCUT2D eigenvalue weighted by Gasteiger charge is -2.27. The molecule has 0 fully saturated rings. The summed E-state index contributed by atoms with van der Waals surface area (Å²) in [5.41, 5.74) is 3.11. The van der Waals surface area contributed by atoms with Gasteiger partial charge >= 0.3 is 0 Å². The van der Waals surface area contributed by atoms with Crippen molar-refractivity contribution in [2.75, 3.05) is 24.4 Å². The Kier molecular flexibility index (Phi) is 11.9. The Morgan fingerprint density at radius 3 is 1.90 bits per heavy atom. The van der Waals surface area contributed by atoms with Crippen molar-refractivity contribution in [3.8, 4) is 11.5 Å². The van der Waals surface area contributed by atoms with E-state index in [1.54, 1.807) is 72.7 Å². The van der Waals surface area contributed by atoms with Crippen LogP contribution in [0.25, 0.3) is 6.08 Å². The van der Waals surface area contributed by atoms with Crippen molar-refractivity contribution in [3.63, 3.8) is 0 Å². The van der Waals surface area contributed by atoms with Crippen molar-refractivity contribution in [2.45, 2.75) is 23.5 Å². The zero-order chi connectivity index (χ0) is 34.6. The maximum atomic E-state index is 14.0. The van der Waals surface area contributed by atoms with E-state index in [0.29, 0.717) is 34.7 Å². The molecule has 0 saturated carbocycles. The maximum absolute atomic E-state index is 14.0. The van der Waals surface area contributed by atoms with E-state index in [1.165, 1.54) is 18.9 Å². The van der Waals surface area contributed by atoms with Crippen LogP contribution in [0.3, 0.4) is 0 Å². The second-order valence-corrected chi connectivity index (χ2v) is 12.1. The molecule has 3 amide bonds. The fraction of sp³-hybridized carbons (Fsp3) is 0.125. The fourth-order valence-electron chi connectivity index (χ4n) is 5.03. The number of anilines is 3. The summed E-state index contributed by atoms with van der Waals surface area (Å²) in [6, 6.07) is 40.3. The second kappa shape index (κ2) is 16.9. The minimum absolute atomic E-state index is 0.0225. The van der Waals surface area contributed by atoms with Gasteiger partial charge in [0.15, 0.2) is 0 Å². The second-order valence-electron chi connectivity index (χ2n) is 10.8.